The van der Waals surface area contributed by atoms with E-state index >= 15 is 0 Å². The van der Waals surface area contributed by atoms with E-state index in [0.717, 1.165) is 31.5 Å². The molecule has 6 nitrogen and oxygen atoms in total. The summed E-state index contributed by atoms with van der Waals surface area (Å²) in [5.74, 6) is -0.186. The molecule has 0 spiro atoms. The van der Waals surface area contributed by atoms with Gasteiger partial charge in [-0.2, -0.15) is 0 Å². The van der Waals surface area contributed by atoms with E-state index in [4.69, 9.17) is 0 Å². The van der Waals surface area contributed by atoms with Gasteiger partial charge < -0.3 is 20.4 Å². The highest BCUT2D eigenvalue weighted by molar-refractivity contribution is 5.99. The maximum absolute atomic E-state index is 12.2. The summed E-state index contributed by atoms with van der Waals surface area (Å²) in [6.07, 6.45) is 1.82. The number of carbonyl (C=O) groups is 2. The Balaban J connectivity index is 2.52. The molecule has 0 radical (unpaired) electrons. The smallest absolute Gasteiger partial charge is 0.251 e. The van der Waals surface area contributed by atoms with Crippen molar-refractivity contribution < 1.29 is 9.59 Å². The quantitative estimate of drug-likeness (QED) is 0.627. The molecule has 0 saturated carbocycles. The number of hydrogen-bond acceptors (Lipinski definition) is 4. The van der Waals surface area contributed by atoms with Crippen molar-refractivity contribution in [2.24, 2.45) is 0 Å². The van der Waals surface area contributed by atoms with Gasteiger partial charge in [0.25, 0.3) is 11.8 Å². The van der Waals surface area contributed by atoms with Gasteiger partial charge in [-0.15, -0.1) is 0 Å². The van der Waals surface area contributed by atoms with Crippen molar-refractivity contribution in [1.29, 1.82) is 0 Å². The van der Waals surface area contributed by atoms with Crippen molar-refractivity contribution >= 4 is 11.8 Å². The van der Waals surface area contributed by atoms with Crippen molar-refractivity contribution in [3.63, 3.8) is 0 Å². The molecule has 1 aromatic rings. The van der Waals surface area contributed by atoms with E-state index in [2.05, 4.69) is 20.4 Å². The van der Waals surface area contributed by atoms with Crippen molar-refractivity contribution in [3.8, 4) is 0 Å². The van der Waals surface area contributed by atoms with Crippen LogP contribution in [0.2, 0.25) is 0 Å². The zero-order valence-electron chi connectivity index (χ0n) is 16.2. The van der Waals surface area contributed by atoms with E-state index < -0.39 is 0 Å². The minimum Gasteiger partial charge on any atom is -0.352 e. The summed E-state index contributed by atoms with van der Waals surface area (Å²) < 4.78 is 0. The number of hydrogen-bond donors (Lipinski definition) is 2. The molecular formula is C19H32N4O2. The van der Waals surface area contributed by atoms with Crippen molar-refractivity contribution in [2.45, 2.75) is 19.8 Å². The Kier molecular flexibility index (Phi) is 9.16. The van der Waals surface area contributed by atoms with Crippen LogP contribution in [0.25, 0.3) is 0 Å². The highest BCUT2D eigenvalue weighted by Gasteiger charge is 2.12. The van der Waals surface area contributed by atoms with Gasteiger partial charge in [0.2, 0.25) is 0 Å². The molecule has 0 aliphatic heterocycles. The van der Waals surface area contributed by atoms with Gasteiger partial charge >= 0.3 is 0 Å². The molecular weight excluding hydrogens is 316 g/mol. The Morgan fingerprint density at radius 2 is 1.40 bits per heavy atom. The number of nitrogens with zero attached hydrogens (tertiary/aromatic N) is 2. The molecule has 0 unspecified atom stereocenters. The number of nitrogens with one attached hydrogen (secondary N) is 2. The fourth-order valence-corrected chi connectivity index (χ4v) is 2.45. The molecule has 140 valence electrons. The lowest BCUT2D eigenvalue weighted by molar-refractivity contribution is 0.0940. The first-order valence-corrected chi connectivity index (χ1v) is 8.77. The average molecular weight is 348 g/mol. The molecule has 0 saturated heterocycles. The van der Waals surface area contributed by atoms with Crippen LogP contribution in [0, 0.1) is 6.92 Å². The SMILES string of the molecule is Cc1cc(C(=O)NCCCN(C)C)ccc1C(=O)NCCCN(C)C. The van der Waals surface area contributed by atoms with E-state index in [9.17, 15) is 9.59 Å². The van der Waals surface area contributed by atoms with Gasteiger partial charge in [0.1, 0.15) is 0 Å². The van der Waals surface area contributed by atoms with Gasteiger partial charge in [0.15, 0.2) is 0 Å². The topological polar surface area (TPSA) is 64.7 Å². The number of carbonyl (C=O) groups excluding carboxylic acids is 2. The second-order valence-electron chi connectivity index (χ2n) is 6.86. The first-order valence-electron chi connectivity index (χ1n) is 8.77. The summed E-state index contributed by atoms with van der Waals surface area (Å²) in [4.78, 5) is 28.6. The zero-order valence-corrected chi connectivity index (χ0v) is 16.2. The predicted octanol–water partition coefficient (Wildman–Crippen LogP) is 1.36. The number of amides is 2. The highest BCUT2D eigenvalue weighted by Crippen LogP contribution is 2.11. The summed E-state index contributed by atoms with van der Waals surface area (Å²) in [7, 11) is 8.04. The molecule has 0 heterocycles. The largest absolute Gasteiger partial charge is 0.352 e. The second kappa shape index (κ2) is 10.8. The molecule has 0 bridgehead atoms. The van der Waals surface area contributed by atoms with Gasteiger partial charge in [0, 0.05) is 24.2 Å². The third kappa shape index (κ3) is 8.14. The van der Waals surface area contributed by atoms with Crippen molar-refractivity contribution in [2.75, 3.05) is 54.4 Å². The molecule has 0 aliphatic rings. The van der Waals surface area contributed by atoms with Crippen LogP contribution in [0.15, 0.2) is 18.2 Å². The molecule has 25 heavy (non-hydrogen) atoms. The van der Waals surface area contributed by atoms with E-state index in [1.807, 2.05) is 35.1 Å². The van der Waals surface area contributed by atoms with Crippen LogP contribution in [0.5, 0.6) is 0 Å². The van der Waals surface area contributed by atoms with Crippen LogP contribution >= 0.6 is 0 Å². The first-order chi connectivity index (χ1) is 11.8. The molecule has 0 fully saturated rings. The number of rotatable bonds is 10. The lowest BCUT2D eigenvalue weighted by Crippen LogP contribution is -2.28. The highest BCUT2D eigenvalue weighted by atomic mass is 16.2. The molecule has 1 rings (SSSR count). The van der Waals surface area contributed by atoms with Crippen LogP contribution in [-0.4, -0.2) is 76.0 Å². The lowest BCUT2D eigenvalue weighted by Gasteiger charge is -2.12. The molecule has 1 aromatic carbocycles. The fourth-order valence-electron chi connectivity index (χ4n) is 2.45. The third-order valence-electron chi connectivity index (χ3n) is 3.87. The van der Waals surface area contributed by atoms with E-state index in [1.54, 1.807) is 18.2 Å². The Labute approximate surface area is 151 Å². The van der Waals surface area contributed by atoms with Crippen molar-refractivity contribution in [1.82, 2.24) is 20.4 Å². The van der Waals surface area contributed by atoms with Gasteiger partial charge in [-0.1, -0.05) is 0 Å². The van der Waals surface area contributed by atoms with Crippen LogP contribution < -0.4 is 10.6 Å². The molecule has 2 N–H and O–H groups in total. The Bertz CT molecular complexity index is 571. The van der Waals surface area contributed by atoms with Gasteiger partial charge in [0.05, 0.1) is 0 Å². The minimum atomic E-state index is -0.0974. The Morgan fingerprint density at radius 1 is 0.880 bits per heavy atom. The third-order valence-corrected chi connectivity index (χ3v) is 3.87. The fraction of sp³-hybridized carbons (Fsp3) is 0.579. The van der Waals surface area contributed by atoms with E-state index in [0.29, 0.717) is 24.2 Å². The maximum Gasteiger partial charge on any atom is 0.251 e. The Morgan fingerprint density at radius 3 is 1.88 bits per heavy atom. The molecule has 0 aromatic heterocycles. The van der Waals surface area contributed by atoms with Crippen LogP contribution in [0.1, 0.15) is 39.1 Å². The Hall–Kier alpha value is -1.92. The van der Waals surface area contributed by atoms with E-state index in [-0.39, 0.29) is 11.8 Å². The standard InChI is InChI=1S/C19H32N4O2/c1-15-14-16(18(24)20-10-6-12-22(2)3)8-9-17(15)19(25)21-11-7-13-23(4)5/h8-9,14H,6-7,10-13H2,1-5H3,(H,20,24)(H,21,25). The normalized spacial score (nSPS) is 11.0. The summed E-state index contributed by atoms with van der Waals surface area (Å²) in [6.45, 7) is 5.02. The molecule has 2 amide bonds. The average Bonchev–Trinajstić information content (AvgIpc) is 2.54. The van der Waals surface area contributed by atoms with Crippen LogP contribution in [-0.2, 0) is 0 Å². The van der Waals surface area contributed by atoms with Crippen LogP contribution in [0.3, 0.4) is 0 Å². The summed E-state index contributed by atoms with van der Waals surface area (Å²) in [6, 6.07) is 5.21. The van der Waals surface area contributed by atoms with Crippen molar-refractivity contribution in [3.05, 3.63) is 34.9 Å². The predicted molar refractivity (Wildman–Crippen MR) is 102 cm³/mol. The summed E-state index contributed by atoms with van der Waals surface area (Å²) in [5.41, 5.74) is 2.02. The van der Waals surface area contributed by atoms with Crippen LogP contribution in [0.4, 0.5) is 0 Å². The van der Waals surface area contributed by atoms with E-state index in [1.165, 1.54) is 0 Å². The first kappa shape index (κ1) is 21.1. The maximum atomic E-state index is 12.2. The van der Waals surface area contributed by atoms with Gasteiger partial charge in [-0.05, 0) is 84.8 Å². The molecule has 6 heteroatoms. The monoisotopic (exact) mass is 348 g/mol. The number of aryl methyl sites for hydroxylation is 1. The van der Waals surface area contributed by atoms with Gasteiger partial charge in [-0.25, -0.2) is 0 Å². The minimum absolute atomic E-state index is 0.0887. The summed E-state index contributed by atoms with van der Waals surface area (Å²) in [5, 5.41) is 5.84. The lowest BCUT2D eigenvalue weighted by atomic mass is 10.0. The zero-order chi connectivity index (χ0) is 18.8. The summed E-state index contributed by atoms with van der Waals surface area (Å²) >= 11 is 0. The molecule has 0 aliphatic carbocycles. The number of benzene rings is 1. The second-order valence-corrected chi connectivity index (χ2v) is 6.86. The molecule has 0 atom stereocenters. The van der Waals surface area contributed by atoms with Gasteiger partial charge in [-0.3, -0.25) is 9.59 Å².